The van der Waals surface area contributed by atoms with Crippen LogP contribution in [0.2, 0.25) is 0 Å². The third kappa shape index (κ3) is 18.6. The second kappa shape index (κ2) is 22.6. The first-order valence-corrected chi connectivity index (χ1v) is 2.11. The van der Waals surface area contributed by atoms with Crippen LogP contribution in [0.5, 0.6) is 5.75 Å². The van der Waals surface area contributed by atoms with Crippen molar-refractivity contribution in [3.8, 4) is 5.75 Å². The first kappa shape index (κ1) is 38.5. The summed E-state index contributed by atoms with van der Waals surface area (Å²) >= 11 is 0. The van der Waals surface area contributed by atoms with Gasteiger partial charge >= 0.3 is 29.6 Å². The molecule has 1 rings (SSSR count). The van der Waals surface area contributed by atoms with Crippen LogP contribution in [0.4, 0.5) is 0 Å². The van der Waals surface area contributed by atoms with Crippen LogP contribution in [0, 0.1) is 0 Å². The van der Waals surface area contributed by atoms with Crippen molar-refractivity contribution in [2.75, 3.05) is 0 Å². The van der Waals surface area contributed by atoms with E-state index in [-0.39, 0.29) is 62.7 Å². The molecule has 0 aliphatic rings. The predicted molar refractivity (Wildman–Crippen MR) is 44.0 cm³/mol. The largest absolute Gasteiger partial charge is 1.00 e. The van der Waals surface area contributed by atoms with E-state index in [1.807, 2.05) is 6.07 Å². The smallest absolute Gasteiger partial charge is 0.872 e. The van der Waals surface area contributed by atoms with E-state index in [0.29, 0.717) is 0 Å². The average molecular weight is 206 g/mol. The van der Waals surface area contributed by atoms with Crippen LogP contribution in [0.3, 0.4) is 0 Å². The van der Waals surface area contributed by atoms with Gasteiger partial charge in [0.15, 0.2) is 0 Å². The molecule has 6 nitrogen and oxygen atoms in total. The Hall–Kier alpha value is -0.180. The Morgan fingerprint density at radius 2 is 1.00 bits per heavy atom. The zero-order valence-corrected chi connectivity index (χ0v) is 9.29. The van der Waals surface area contributed by atoms with Crippen molar-refractivity contribution in [1.29, 1.82) is 0 Å². The third-order valence-electron chi connectivity index (χ3n) is 0.743. The molecule has 1 aromatic rings. The van der Waals surface area contributed by atoms with Gasteiger partial charge in [0, 0.05) is 0 Å². The summed E-state index contributed by atoms with van der Waals surface area (Å²) in [6.45, 7) is 0. The maximum Gasteiger partial charge on any atom is 1.00 e. The molecule has 0 radical (unpaired) electrons. The number of benzene rings is 1. The molecule has 0 heterocycles. The molecule has 0 aliphatic carbocycles. The number of rotatable bonds is 0. The van der Waals surface area contributed by atoms with E-state index in [1.165, 1.54) is 12.1 Å². The van der Waals surface area contributed by atoms with Crippen molar-refractivity contribution in [2.45, 2.75) is 0 Å². The maximum atomic E-state index is 10.3. The summed E-state index contributed by atoms with van der Waals surface area (Å²) in [4.78, 5) is 0. The van der Waals surface area contributed by atoms with Crippen LogP contribution in [-0.4, -0.2) is 27.4 Å². The molecule has 0 aromatic heterocycles. The Kier molecular flexibility index (Phi) is 67.0. The molecule has 76 valence electrons. The van der Waals surface area contributed by atoms with Gasteiger partial charge in [-0.1, -0.05) is 30.3 Å². The summed E-state index contributed by atoms with van der Waals surface area (Å²) in [6, 6.07) is 8.33. The minimum atomic E-state index is 0. The fourth-order valence-electron chi connectivity index (χ4n) is 0.420. The first-order valence-electron chi connectivity index (χ1n) is 2.11. The van der Waals surface area contributed by atoms with Gasteiger partial charge in [-0.3, -0.25) is 0 Å². The van der Waals surface area contributed by atoms with Crippen LogP contribution >= 0.6 is 0 Å². The van der Waals surface area contributed by atoms with Crippen LogP contribution in [0.15, 0.2) is 30.3 Å². The van der Waals surface area contributed by atoms with Gasteiger partial charge in [-0.25, -0.2) is 0 Å². The standard InChI is InChI=1S/C6H6O.Na.5H2O/c7-6-4-2-1-3-5-6;;;;;;/h1-5,7H;;5*1H2/q;+1;;;;;/p-1. The Morgan fingerprint density at radius 1 is 0.692 bits per heavy atom. The topological polar surface area (TPSA) is 181 Å². The van der Waals surface area contributed by atoms with Gasteiger partial charge < -0.3 is 32.5 Å². The second-order valence-electron chi connectivity index (χ2n) is 1.31. The molecule has 0 saturated carbocycles. The minimum absolute atomic E-state index is 0. The Balaban J connectivity index is -0.0000000204. The Morgan fingerprint density at radius 3 is 1.15 bits per heavy atom. The molecule has 0 aliphatic heterocycles. The number of hydrogen-bond acceptors (Lipinski definition) is 1. The second-order valence-corrected chi connectivity index (χ2v) is 1.31. The summed E-state index contributed by atoms with van der Waals surface area (Å²) in [5, 5.41) is 10.3. The van der Waals surface area contributed by atoms with E-state index in [2.05, 4.69) is 0 Å². The molecule has 7 heteroatoms. The van der Waals surface area contributed by atoms with Gasteiger partial charge in [-0.05, 0) is 0 Å². The van der Waals surface area contributed by atoms with Crippen molar-refractivity contribution in [3.63, 3.8) is 0 Å². The fraction of sp³-hybridized carbons (Fsp3) is 0. The van der Waals surface area contributed by atoms with E-state index in [9.17, 15) is 5.11 Å². The molecular weight excluding hydrogens is 191 g/mol. The van der Waals surface area contributed by atoms with Gasteiger partial charge in [0.05, 0.1) is 0 Å². The predicted octanol–water partition coefficient (Wildman–Crippen LogP) is -6.36. The van der Waals surface area contributed by atoms with Gasteiger partial charge in [0.25, 0.3) is 0 Å². The molecule has 0 unspecified atom stereocenters. The van der Waals surface area contributed by atoms with Crippen molar-refractivity contribution in [1.82, 2.24) is 0 Å². The Bertz CT molecular complexity index is 147. The van der Waals surface area contributed by atoms with Gasteiger partial charge in [0.2, 0.25) is 0 Å². The van der Waals surface area contributed by atoms with E-state index >= 15 is 0 Å². The summed E-state index contributed by atoms with van der Waals surface area (Å²) in [6.07, 6.45) is 0. The maximum absolute atomic E-state index is 10.3. The molecule has 0 amide bonds. The monoisotopic (exact) mass is 206 g/mol. The zero-order valence-electron chi connectivity index (χ0n) is 7.29. The molecule has 13 heavy (non-hydrogen) atoms. The molecule has 0 atom stereocenters. The van der Waals surface area contributed by atoms with Gasteiger partial charge in [-0.15, -0.1) is 5.75 Å². The van der Waals surface area contributed by atoms with Crippen LogP contribution in [0.25, 0.3) is 0 Å². The SMILES string of the molecule is O.O.O.O.O.[Na+].[O-]c1ccccc1. The first-order chi connectivity index (χ1) is 3.39. The van der Waals surface area contributed by atoms with E-state index in [4.69, 9.17) is 0 Å². The van der Waals surface area contributed by atoms with Crippen molar-refractivity contribution in [2.24, 2.45) is 0 Å². The molecule has 0 saturated heterocycles. The van der Waals surface area contributed by atoms with E-state index in [1.54, 1.807) is 12.1 Å². The van der Waals surface area contributed by atoms with Crippen LogP contribution in [-0.2, 0) is 0 Å². The summed E-state index contributed by atoms with van der Waals surface area (Å²) in [5.41, 5.74) is 0. The van der Waals surface area contributed by atoms with Gasteiger partial charge in [-0.2, -0.15) is 0 Å². The third-order valence-corrected chi connectivity index (χ3v) is 0.743. The van der Waals surface area contributed by atoms with E-state index in [0.717, 1.165) is 0 Å². The van der Waals surface area contributed by atoms with Crippen LogP contribution < -0.4 is 34.7 Å². The summed E-state index contributed by atoms with van der Waals surface area (Å²) < 4.78 is 0. The normalized spacial score (nSPS) is 4.62. The zero-order chi connectivity index (χ0) is 5.11. The van der Waals surface area contributed by atoms with Crippen LogP contribution in [0.1, 0.15) is 0 Å². The minimum Gasteiger partial charge on any atom is -0.872 e. The number of hydrogen-bond donors (Lipinski definition) is 0. The number of para-hydroxylation sites is 1. The average Bonchev–Trinajstić information content (AvgIpc) is 1.69. The molecule has 0 bridgehead atoms. The molecule has 0 fully saturated rings. The molecule has 1 aromatic carbocycles. The quantitative estimate of drug-likeness (QED) is 0.376. The van der Waals surface area contributed by atoms with Crippen molar-refractivity contribution >= 4 is 0 Å². The molecular formula is C6H15NaO6. The van der Waals surface area contributed by atoms with Crippen molar-refractivity contribution in [3.05, 3.63) is 30.3 Å². The van der Waals surface area contributed by atoms with Crippen molar-refractivity contribution < 1.29 is 62.0 Å². The fourth-order valence-corrected chi connectivity index (χ4v) is 0.420. The van der Waals surface area contributed by atoms with Gasteiger partial charge in [0.1, 0.15) is 0 Å². The Labute approximate surface area is 98.0 Å². The molecule has 0 spiro atoms. The summed E-state index contributed by atoms with van der Waals surface area (Å²) in [7, 11) is 0. The molecule has 10 N–H and O–H groups in total. The summed E-state index contributed by atoms with van der Waals surface area (Å²) in [5.74, 6) is 0.0718. The van der Waals surface area contributed by atoms with E-state index < -0.39 is 0 Å².